The van der Waals surface area contributed by atoms with E-state index < -0.39 is 16.5 Å². The molecule has 0 unspecified atom stereocenters. The van der Waals surface area contributed by atoms with Crippen molar-refractivity contribution < 1.29 is 21.3 Å². The van der Waals surface area contributed by atoms with Crippen LogP contribution >= 0.6 is 0 Å². The van der Waals surface area contributed by atoms with Crippen LogP contribution in [0.2, 0.25) is 0 Å². The van der Waals surface area contributed by atoms with Crippen molar-refractivity contribution >= 4 is 27.9 Å². The molecule has 2 aromatic rings. The van der Waals surface area contributed by atoms with Crippen molar-refractivity contribution in [2.24, 2.45) is 0 Å². The Morgan fingerprint density at radius 2 is 1.57 bits per heavy atom. The molecule has 2 rings (SSSR count). The van der Waals surface area contributed by atoms with Crippen LogP contribution in [0, 0.1) is 0 Å². The lowest BCUT2D eigenvalue weighted by Crippen LogP contribution is -2.19. The van der Waals surface area contributed by atoms with E-state index in [9.17, 15) is 17.1 Å². The molecular weight excluding hydrogens is 299 g/mol. The van der Waals surface area contributed by atoms with Gasteiger partial charge in [-0.25, -0.2) is 4.79 Å². The fourth-order valence-corrected chi connectivity index (χ4v) is 1.89. The Morgan fingerprint density at radius 3 is 2.24 bits per heavy atom. The fourth-order valence-electron chi connectivity index (χ4n) is 1.56. The summed E-state index contributed by atoms with van der Waals surface area (Å²) in [5.74, 6) is -0.241. The smallest absolute Gasteiger partial charge is 0.358 e. The Labute approximate surface area is 121 Å². The van der Waals surface area contributed by atoms with Gasteiger partial charge in [0, 0.05) is 17.4 Å². The lowest BCUT2D eigenvalue weighted by molar-refractivity contribution is 0.262. The number of carbonyl (C=O) groups is 1. The molecule has 0 saturated carbocycles. The highest BCUT2D eigenvalue weighted by Gasteiger charge is 2.10. The number of rotatable bonds is 4. The van der Waals surface area contributed by atoms with Gasteiger partial charge in [-0.05, 0) is 24.3 Å². The third-order valence-electron chi connectivity index (χ3n) is 2.32. The van der Waals surface area contributed by atoms with Crippen molar-refractivity contribution in [1.82, 2.24) is 0 Å². The number of hydrogen-bond acceptors (Lipinski definition) is 4. The van der Waals surface area contributed by atoms with Gasteiger partial charge in [0.1, 0.15) is 5.75 Å². The minimum Gasteiger partial charge on any atom is -0.358 e. The van der Waals surface area contributed by atoms with Crippen molar-refractivity contribution in [2.45, 2.75) is 0 Å². The number of halogens is 1. The third kappa shape index (κ3) is 5.11. The van der Waals surface area contributed by atoms with Gasteiger partial charge in [0.25, 0.3) is 0 Å². The van der Waals surface area contributed by atoms with Crippen LogP contribution in [0.25, 0.3) is 0 Å². The summed E-state index contributed by atoms with van der Waals surface area (Å²) < 4.78 is 37.3. The normalized spacial score (nSPS) is 10.7. The topological polar surface area (TPSA) is 84.5 Å². The average molecular weight is 310 g/mol. The van der Waals surface area contributed by atoms with Gasteiger partial charge >= 0.3 is 16.5 Å². The molecule has 0 aromatic heterocycles. The molecule has 0 heterocycles. The van der Waals surface area contributed by atoms with Crippen LogP contribution in [0.1, 0.15) is 0 Å². The Bertz CT molecular complexity index is 735. The van der Waals surface area contributed by atoms with Crippen molar-refractivity contribution in [3.63, 3.8) is 0 Å². The lowest BCUT2D eigenvalue weighted by Gasteiger charge is -2.08. The molecule has 2 amide bonds. The Morgan fingerprint density at radius 1 is 0.952 bits per heavy atom. The molecule has 2 N–H and O–H groups in total. The maximum absolute atomic E-state index is 12.4. The number of benzene rings is 2. The van der Waals surface area contributed by atoms with Crippen LogP contribution < -0.4 is 14.8 Å². The molecule has 0 radical (unpaired) electrons. The van der Waals surface area contributed by atoms with E-state index in [1.54, 1.807) is 30.3 Å². The van der Waals surface area contributed by atoms with Crippen molar-refractivity contribution in [2.75, 3.05) is 10.6 Å². The molecule has 21 heavy (non-hydrogen) atoms. The number of amides is 2. The van der Waals surface area contributed by atoms with Gasteiger partial charge in [0.15, 0.2) is 0 Å². The van der Waals surface area contributed by atoms with Gasteiger partial charge in [-0.1, -0.05) is 28.2 Å². The zero-order valence-corrected chi connectivity index (χ0v) is 11.4. The summed E-state index contributed by atoms with van der Waals surface area (Å²) in [6, 6.07) is 13.6. The van der Waals surface area contributed by atoms with Crippen LogP contribution in [0.15, 0.2) is 54.6 Å². The molecule has 110 valence electrons. The molecule has 0 aliphatic heterocycles. The number of urea groups is 1. The zero-order valence-electron chi connectivity index (χ0n) is 10.6. The molecular formula is C13H11FN2O4S. The fraction of sp³-hybridized carbons (Fsp3) is 0. The van der Waals surface area contributed by atoms with Gasteiger partial charge in [0.2, 0.25) is 0 Å². The summed E-state index contributed by atoms with van der Waals surface area (Å²) in [6.45, 7) is 0. The lowest BCUT2D eigenvalue weighted by atomic mass is 10.3. The number of nitrogens with one attached hydrogen (secondary N) is 2. The first-order valence-electron chi connectivity index (χ1n) is 5.79. The first kappa shape index (κ1) is 14.8. The number of carbonyl (C=O) groups excluding carboxylic acids is 1. The minimum atomic E-state index is -5.10. The molecule has 0 aliphatic rings. The highest BCUT2D eigenvalue weighted by molar-refractivity contribution is 7.81. The first-order valence-corrected chi connectivity index (χ1v) is 7.10. The Hall–Kier alpha value is -2.61. The maximum atomic E-state index is 12.4. The van der Waals surface area contributed by atoms with Crippen LogP contribution in [0.3, 0.4) is 0 Å². The van der Waals surface area contributed by atoms with Gasteiger partial charge in [-0.15, -0.1) is 0 Å². The average Bonchev–Trinajstić information content (AvgIpc) is 2.38. The standard InChI is InChI=1S/C13H11FN2O4S/c14-21(18,19)20-12-8-4-7-11(9-12)16-13(17)15-10-5-2-1-3-6-10/h1-9H,(H2,15,16,17). The van der Waals surface area contributed by atoms with Crippen molar-refractivity contribution in [3.05, 3.63) is 54.6 Å². The Balaban J connectivity index is 2.02. The SMILES string of the molecule is O=C(Nc1ccccc1)Nc1cccc(OS(=O)(=O)F)c1. The van der Waals surface area contributed by atoms with E-state index in [-0.39, 0.29) is 11.4 Å². The van der Waals surface area contributed by atoms with Gasteiger partial charge in [-0.2, -0.15) is 8.42 Å². The van der Waals surface area contributed by atoms with E-state index >= 15 is 0 Å². The quantitative estimate of drug-likeness (QED) is 0.850. The van der Waals surface area contributed by atoms with Crippen molar-refractivity contribution in [1.29, 1.82) is 0 Å². The second kappa shape index (κ2) is 6.23. The summed E-state index contributed by atoms with van der Waals surface area (Å²) in [5, 5.41) is 5.04. The van der Waals surface area contributed by atoms with E-state index in [0.29, 0.717) is 5.69 Å². The summed E-state index contributed by atoms with van der Waals surface area (Å²) in [4.78, 5) is 11.7. The molecule has 0 aliphatic carbocycles. The molecule has 0 saturated heterocycles. The predicted molar refractivity (Wildman–Crippen MR) is 76.2 cm³/mol. The summed E-state index contributed by atoms with van der Waals surface area (Å²) in [6.07, 6.45) is 0. The number of para-hydroxylation sites is 1. The zero-order chi connectivity index (χ0) is 15.3. The van der Waals surface area contributed by atoms with E-state index in [4.69, 9.17) is 0 Å². The molecule has 0 bridgehead atoms. The van der Waals surface area contributed by atoms with Crippen molar-refractivity contribution in [3.8, 4) is 5.75 Å². The molecule has 0 atom stereocenters. The molecule has 0 fully saturated rings. The Kier molecular flexibility index (Phi) is 4.39. The first-order chi connectivity index (χ1) is 9.92. The largest absolute Gasteiger partial charge is 0.488 e. The van der Waals surface area contributed by atoms with Crippen LogP contribution in [0.5, 0.6) is 5.75 Å². The number of anilines is 2. The summed E-state index contributed by atoms with van der Waals surface area (Å²) in [5.41, 5.74) is 0.846. The predicted octanol–water partition coefficient (Wildman–Crippen LogP) is 2.92. The maximum Gasteiger partial charge on any atom is 0.488 e. The minimum absolute atomic E-state index is 0.241. The highest BCUT2D eigenvalue weighted by Crippen LogP contribution is 2.19. The summed E-state index contributed by atoms with van der Waals surface area (Å²) >= 11 is 0. The highest BCUT2D eigenvalue weighted by atomic mass is 32.3. The van der Waals surface area contributed by atoms with Crippen LogP contribution in [-0.4, -0.2) is 14.4 Å². The monoisotopic (exact) mass is 310 g/mol. The second-order valence-electron chi connectivity index (χ2n) is 3.95. The van der Waals surface area contributed by atoms with E-state index in [1.807, 2.05) is 0 Å². The van der Waals surface area contributed by atoms with E-state index in [2.05, 4.69) is 14.8 Å². The summed E-state index contributed by atoms with van der Waals surface area (Å²) in [7, 11) is -5.10. The second-order valence-corrected chi connectivity index (χ2v) is 4.90. The van der Waals surface area contributed by atoms with E-state index in [0.717, 1.165) is 0 Å². The molecule has 0 spiro atoms. The van der Waals surface area contributed by atoms with Crippen LogP contribution in [-0.2, 0) is 10.5 Å². The number of hydrogen-bond donors (Lipinski definition) is 2. The van der Waals surface area contributed by atoms with Gasteiger partial charge < -0.3 is 14.8 Å². The molecule has 2 aromatic carbocycles. The van der Waals surface area contributed by atoms with Gasteiger partial charge in [-0.3, -0.25) is 0 Å². The van der Waals surface area contributed by atoms with E-state index in [1.165, 1.54) is 24.3 Å². The van der Waals surface area contributed by atoms with Crippen LogP contribution in [0.4, 0.5) is 20.1 Å². The molecule has 6 nitrogen and oxygen atoms in total. The molecule has 8 heteroatoms. The van der Waals surface area contributed by atoms with Gasteiger partial charge in [0.05, 0.1) is 0 Å². The third-order valence-corrected chi connectivity index (χ3v) is 2.71.